The second-order valence-corrected chi connectivity index (χ2v) is 7.16. The van der Waals surface area contributed by atoms with Gasteiger partial charge in [-0.15, -0.1) is 0 Å². The van der Waals surface area contributed by atoms with Crippen molar-refractivity contribution in [3.8, 4) is 11.5 Å². The first kappa shape index (κ1) is 23.4. The van der Waals surface area contributed by atoms with Gasteiger partial charge in [0, 0.05) is 6.07 Å². The van der Waals surface area contributed by atoms with Crippen molar-refractivity contribution in [1.82, 2.24) is 5.43 Å². The van der Waals surface area contributed by atoms with Crippen LogP contribution in [0.3, 0.4) is 0 Å². The van der Waals surface area contributed by atoms with E-state index in [-0.39, 0.29) is 17.0 Å². The molecule has 33 heavy (non-hydrogen) atoms. The third kappa shape index (κ3) is 6.62. The number of halogens is 1. The monoisotopic (exact) mass is 467 g/mol. The maximum atomic E-state index is 12.2. The van der Waals surface area contributed by atoms with E-state index in [1.54, 1.807) is 61.5 Å². The van der Waals surface area contributed by atoms with Gasteiger partial charge in [-0.1, -0.05) is 29.8 Å². The van der Waals surface area contributed by atoms with E-state index in [1.807, 2.05) is 0 Å². The Morgan fingerprint density at radius 2 is 1.85 bits per heavy atom. The molecule has 3 aromatic carbocycles. The zero-order valence-corrected chi connectivity index (χ0v) is 18.1. The topological polar surface area (TPSA) is 120 Å². The van der Waals surface area contributed by atoms with Crippen molar-refractivity contribution in [3.63, 3.8) is 0 Å². The molecule has 3 aromatic rings. The molecule has 0 aliphatic rings. The summed E-state index contributed by atoms with van der Waals surface area (Å²) in [6.45, 7) is 1.27. The fraction of sp³-hybridized carbons (Fsp3) is 0.0870. The maximum absolute atomic E-state index is 12.2. The molecule has 3 rings (SSSR count). The second-order valence-electron chi connectivity index (χ2n) is 6.75. The normalized spacial score (nSPS) is 10.6. The van der Waals surface area contributed by atoms with E-state index in [9.17, 15) is 19.7 Å². The first-order valence-electron chi connectivity index (χ1n) is 9.60. The Bertz CT molecular complexity index is 1210. The van der Waals surface area contributed by atoms with Crippen molar-refractivity contribution in [2.75, 3.05) is 6.61 Å². The van der Waals surface area contributed by atoms with Gasteiger partial charge in [0.25, 0.3) is 5.91 Å². The second kappa shape index (κ2) is 10.9. The van der Waals surface area contributed by atoms with Gasteiger partial charge in [0.05, 0.1) is 21.7 Å². The number of esters is 1. The highest BCUT2D eigenvalue weighted by atomic mass is 35.5. The maximum Gasteiger partial charge on any atom is 0.345 e. The van der Waals surface area contributed by atoms with E-state index in [0.29, 0.717) is 21.9 Å². The minimum absolute atomic E-state index is 0.00773. The van der Waals surface area contributed by atoms with Gasteiger partial charge in [0.15, 0.2) is 12.4 Å². The molecule has 0 fully saturated rings. The largest absolute Gasteiger partial charge is 0.477 e. The van der Waals surface area contributed by atoms with Crippen LogP contribution in [0.15, 0.2) is 71.8 Å². The van der Waals surface area contributed by atoms with Crippen LogP contribution >= 0.6 is 11.6 Å². The van der Waals surface area contributed by atoms with Gasteiger partial charge >= 0.3 is 11.7 Å². The molecular formula is C23H18ClN3O6. The summed E-state index contributed by atoms with van der Waals surface area (Å²) in [6.07, 6.45) is 1.38. The number of carbonyl (C=O) groups is 2. The Labute approximate surface area is 193 Å². The zero-order valence-electron chi connectivity index (χ0n) is 17.4. The first-order valence-corrected chi connectivity index (χ1v) is 9.98. The van der Waals surface area contributed by atoms with Gasteiger partial charge in [-0.05, 0) is 60.5 Å². The highest BCUT2D eigenvalue weighted by Gasteiger charge is 2.16. The quantitative estimate of drug-likeness (QED) is 0.173. The van der Waals surface area contributed by atoms with Gasteiger partial charge in [-0.3, -0.25) is 14.9 Å². The summed E-state index contributed by atoms with van der Waals surface area (Å²) >= 11 is 5.99. The number of carbonyl (C=O) groups excluding carboxylic acids is 2. The van der Waals surface area contributed by atoms with Crippen molar-refractivity contribution < 1.29 is 24.0 Å². The molecule has 0 unspecified atom stereocenters. The van der Waals surface area contributed by atoms with Crippen LogP contribution < -0.4 is 14.9 Å². The molecule has 0 aromatic heterocycles. The smallest absolute Gasteiger partial charge is 0.345 e. The predicted octanol–water partition coefficient (Wildman–Crippen LogP) is 4.30. The van der Waals surface area contributed by atoms with E-state index < -0.39 is 23.4 Å². The standard InChI is InChI=1S/C23H18ClN3O6/c1-15-6-11-21(20(12-15)27(30)31)32-14-22(28)26-25-13-16-7-9-17(10-8-16)33-23(29)18-4-2-3-5-19(18)24/h2-13H,14H2,1H3,(H,26,28)/b25-13-. The van der Waals surface area contributed by atoms with Crippen LogP contribution in [0.1, 0.15) is 21.5 Å². The molecule has 0 saturated heterocycles. The van der Waals surface area contributed by atoms with Crippen molar-refractivity contribution >= 4 is 35.4 Å². The van der Waals surface area contributed by atoms with Crippen LogP contribution in [0, 0.1) is 17.0 Å². The van der Waals surface area contributed by atoms with Gasteiger partial charge in [-0.25, -0.2) is 10.2 Å². The van der Waals surface area contributed by atoms with E-state index in [1.165, 1.54) is 18.3 Å². The summed E-state index contributed by atoms with van der Waals surface area (Å²) in [5.41, 5.74) is 3.64. The van der Waals surface area contributed by atoms with Crippen molar-refractivity contribution in [1.29, 1.82) is 0 Å². The number of nitro groups is 1. The molecule has 0 aliphatic heterocycles. The highest BCUT2D eigenvalue weighted by Crippen LogP contribution is 2.27. The number of hydrazone groups is 1. The van der Waals surface area contributed by atoms with Crippen molar-refractivity contribution in [2.24, 2.45) is 5.10 Å². The van der Waals surface area contributed by atoms with E-state index in [2.05, 4.69) is 10.5 Å². The number of nitrogens with zero attached hydrogens (tertiary/aromatic N) is 2. The molecule has 10 heteroatoms. The van der Waals surface area contributed by atoms with Crippen LogP contribution in [0.25, 0.3) is 0 Å². The zero-order chi connectivity index (χ0) is 23.8. The van der Waals surface area contributed by atoms with Gasteiger partial charge in [0.2, 0.25) is 0 Å². The summed E-state index contributed by atoms with van der Waals surface area (Å²) in [4.78, 5) is 34.6. The molecule has 9 nitrogen and oxygen atoms in total. The SMILES string of the molecule is Cc1ccc(OCC(=O)N/N=C\c2ccc(OC(=O)c3ccccc3Cl)cc2)c([N+](=O)[O-])c1. The summed E-state index contributed by atoms with van der Waals surface area (Å²) < 4.78 is 10.5. The Hall–Kier alpha value is -4.24. The van der Waals surface area contributed by atoms with E-state index >= 15 is 0 Å². The lowest BCUT2D eigenvalue weighted by atomic mass is 10.2. The van der Waals surface area contributed by atoms with Crippen molar-refractivity contribution in [2.45, 2.75) is 6.92 Å². The number of rotatable bonds is 8. The lowest BCUT2D eigenvalue weighted by Crippen LogP contribution is -2.24. The van der Waals surface area contributed by atoms with Gasteiger partial charge in [-0.2, -0.15) is 5.10 Å². The Kier molecular flexibility index (Phi) is 7.72. The molecule has 0 spiro atoms. The number of benzene rings is 3. The van der Waals surface area contributed by atoms with E-state index in [0.717, 1.165) is 0 Å². The van der Waals surface area contributed by atoms with Gasteiger partial charge < -0.3 is 9.47 Å². The predicted molar refractivity (Wildman–Crippen MR) is 122 cm³/mol. The van der Waals surface area contributed by atoms with Crippen LogP contribution in [0.5, 0.6) is 11.5 Å². The third-order valence-electron chi connectivity index (χ3n) is 4.26. The van der Waals surface area contributed by atoms with Crippen LogP contribution in [-0.2, 0) is 4.79 Å². The van der Waals surface area contributed by atoms with Gasteiger partial charge in [0.1, 0.15) is 5.75 Å². The molecule has 1 N–H and O–H groups in total. The number of amides is 1. The summed E-state index contributed by atoms with van der Waals surface area (Å²) in [5.74, 6) is -0.865. The van der Waals surface area contributed by atoms with Crippen molar-refractivity contribution in [3.05, 3.63) is 98.6 Å². The number of hydrogen-bond donors (Lipinski definition) is 1. The molecule has 168 valence electrons. The number of nitro benzene ring substituents is 1. The average molecular weight is 468 g/mol. The average Bonchev–Trinajstić information content (AvgIpc) is 2.79. The van der Waals surface area contributed by atoms with E-state index in [4.69, 9.17) is 21.1 Å². The lowest BCUT2D eigenvalue weighted by Gasteiger charge is -2.06. The fourth-order valence-corrected chi connectivity index (χ4v) is 2.87. The summed E-state index contributed by atoms with van der Waals surface area (Å²) in [7, 11) is 0. The first-order chi connectivity index (χ1) is 15.8. The number of ether oxygens (including phenoxy) is 2. The van der Waals surface area contributed by atoms with Crippen LogP contribution in [-0.4, -0.2) is 29.6 Å². The fourth-order valence-electron chi connectivity index (χ4n) is 2.66. The Balaban J connectivity index is 1.50. The summed E-state index contributed by atoms with van der Waals surface area (Å²) in [6, 6.07) is 17.4. The van der Waals surface area contributed by atoms with Crippen LogP contribution in [0.2, 0.25) is 5.02 Å². The highest BCUT2D eigenvalue weighted by molar-refractivity contribution is 6.33. The molecular weight excluding hydrogens is 450 g/mol. The Morgan fingerprint density at radius 1 is 1.12 bits per heavy atom. The molecule has 0 bridgehead atoms. The minimum atomic E-state index is -0.591. The minimum Gasteiger partial charge on any atom is -0.477 e. The summed E-state index contributed by atoms with van der Waals surface area (Å²) in [5, 5.41) is 15.2. The number of aryl methyl sites for hydroxylation is 1. The van der Waals surface area contributed by atoms with Crippen LogP contribution in [0.4, 0.5) is 5.69 Å². The molecule has 0 radical (unpaired) electrons. The molecule has 0 atom stereocenters. The number of nitrogens with one attached hydrogen (secondary N) is 1. The molecule has 0 saturated carbocycles. The lowest BCUT2D eigenvalue weighted by molar-refractivity contribution is -0.385. The third-order valence-corrected chi connectivity index (χ3v) is 4.59. The molecule has 0 aliphatic carbocycles. The Morgan fingerprint density at radius 3 is 2.55 bits per heavy atom. The number of hydrogen-bond acceptors (Lipinski definition) is 7. The molecule has 0 heterocycles. The molecule has 1 amide bonds.